The van der Waals surface area contributed by atoms with E-state index >= 15 is 0 Å². The van der Waals surface area contributed by atoms with Crippen LogP contribution in [0.3, 0.4) is 0 Å². The van der Waals surface area contributed by atoms with Crippen LogP contribution in [-0.4, -0.2) is 142 Å². The van der Waals surface area contributed by atoms with Crippen molar-refractivity contribution >= 4 is 101 Å². The Balaban J connectivity index is 0.640. The molecule has 78 heavy (non-hydrogen) atoms. The first kappa shape index (κ1) is 53.3. The van der Waals surface area contributed by atoms with Crippen LogP contribution in [0.25, 0.3) is 54.4 Å². The number of pyridine rings is 4. The molecule has 8 aromatic rings. The SMILES string of the molecule is C[N+](C)(CCCCCC(=O)Nc1cc2cccnc2c2ncccc12)CCCCCN1C(=O)c2ccc3c4c(ccc(c24)C1=O)C(=O)N(CCC[N+](C)(C)CCCCCC(=O)Nc1cc2cccnc2c2ncccc12)C3=O. The van der Waals surface area contributed by atoms with Gasteiger partial charge in [0, 0.05) is 112 Å². The van der Waals surface area contributed by atoms with Crippen molar-refractivity contribution in [3.8, 4) is 0 Å². The number of carbonyl (C=O) groups is 6. The highest BCUT2D eigenvalue weighted by atomic mass is 16.2. The fourth-order valence-corrected chi connectivity index (χ4v) is 11.4. The number of quaternary nitrogens is 2. The molecule has 0 radical (unpaired) electrons. The van der Waals surface area contributed by atoms with Gasteiger partial charge in [-0.3, -0.25) is 58.5 Å². The molecule has 2 aliphatic heterocycles. The molecule has 6 amide bonds. The molecular weight excluding hydrogens is 981 g/mol. The third-order valence-corrected chi connectivity index (χ3v) is 15.7. The van der Waals surface area contributed by atoms with E-state index in [0.29, 0.717) is 63.2 Å². The Morgan fingerprint density at radius 3 is 1.18 bits per heavy atom. The largest absolute Gasteiger partial charge is 0.328 e. The molecule has 0 aliphatic carbocycles. The first-order valence-electron chi connectivity index (χ1n) is 27.5. The molecule has 4 aromatic carbocycles. The van der Waals surface area contributed by atoms with E-state index in [-0.39, 0.29) is 24.9 Å². The second-order valence-electron chi connectivity index (χ2n) is 22.3. The van der Waals surface area contributed by atoms with Gasteiger partial charge in [0.15, 0.2) is 0 Å². The zero-order valence-corrected chi connectivity index (χ0v) is 45.1. The predicted octanol–water partition coefficient (Wildman–Crippen LogP) is 10.3. The number of unbranched alkanes of at least 4 members (excludes halogenated alkanes) is 6. The van der Waals surface area contributed by atoms with Crippen molar-refractivity contribution in [2.45, 2.75) is 77.0 Å². The fraction of sp³-hybridized carbons (Fsp3) is 0.355. The normalized spacial score (nSPS) is 13.7. The number of nitrogens with one attached hydrogen (secondary N) is 2. The summed E-state index contributed by atoms with van der Waals surface area (Å²) in [6.45, 7) is 4.04. The third-order valence-electron chi connectivity index (χ3n) is 15.7. The van der Waals surface area contributed by atoms with E-state index in [1.807, 2.05) is 60.7 Å². The van der Waals surface area contributed by atoms with Crippen LogP contribution < -0.4 is 10.6 Å². The summed E-state index contributed by atoms with van der Waals surface area (Å²) >= 11 is 0. The molecule has 2 N–H and O–H groups in total. The second-order valence-corrected chi connectivity index (χ2v) is 22.3. The van der Waals surface area contributed by atoms with Crippen molar-refractivity contribution in [2.75, 3.05) is 78.1 Å². The minimum Gasteiger partial charge on any atom is -0.328 e. The van der Waals surface area contributed by atoms with E-state index in [0.717, 1.165) is 137 Å². The van der Waals surface area contributed by atoms with E-state index in [2.05, 4.69) is 58.8 Å². The van der Waals surface area contributed by atoms with Crippen molar-refractivity contribution in [3.63, 3.8) is 0 Å². The number of amides is 6. The Hall–Kier alpha value is -8.08. The van der Waals surface area contributed by atoms with Gasteiger partial charge < -0.3 is 19.6 Å². The zero-order chi connectivity index (χ0) is 54.6. The third kappa shape index (κ3) is 11.3. The van der Waals surface area contributed by atoms with Gasteiger partial charge in [0.1, 0.15) is 0 Å². The number of carbonyl (C=O) groups excluding carboxylic acids is 6. The number of anilines is 2. The molecule has 0 bridgehead atoms. The van der Waals surface area contributed by atoms with Crippen LogP contribution in [0.4, 0.5) is 11.4 Å². The van der Waals surface area contributed by atoms with E-state index in [9.17, 15) is 28.8 Å². The Kier molecular flexibility index (Phi) is 15.6. The minimum absolute atomic E-state index is 0.0178. The summed E-state index contributed by atoms with van der Waals surface area (Å²) in [7, 11) is 8.70. The van der Waals surface area contributed by atoms with Gasteiger partial charge >= 0.3 is 0 Å². The van der Waals surface area contributed by atoms with Crippen LogP contribution in [0.1, 0.15) is 118 Å². The van der Waals surface area contributed by atoms with Crippen molar-refractivity contribution in [1.29, 1.82) is 0 Å². The predicted molar refractivity (Wildman–Crippen MR) is 305 cm³/mol. The molecule has 2 aliphatic rings. The summed E-state index contributed by atoms with van der Waals surface area (Å²) in [5.74, 6) is -1.71. The van der Waals surface area contributed by atoms with E-state index < -0.39 is 23.6 Å². The summed E-state index contributed by atoms with van der Waals surface area (Å²) < 4.78 is 1.52. The first-order chi connectivity index (χ1) is 37.7. The van der Waals surface area contributed by atoms with Gasteiger partial charge in [-0.15, -0.1) is 0 Å². The van der Waals surface area contributed by atoms with Crippen LogP contribution in [0.5, 0.6) is 0 Å². The molecule has 0 saturated carbocycles. The molecule has 4 aromatic heterocycles. The van der Waals surface area contributed by atoms with Crippen LogP contribution in [0.2, 0.25) is 0 Å². The minimum atomic E-state index is -0.418. The van der Waals surface area contributed by atoms with Crippen molar-refractivity contribution < 1.29 is 37.7 Å². The molecule has 0 saturated heterocycles. The Bertz CT molecular complexity index is 3600. The lowest BCUT2D eigenvalue weighted by Crippen LogP contribution is -2.46. The van der Waals surface area contributed by atoms with E-state index in [1.54, 1.807) is 49.1 Å². The van der Waals surface area contributed by atoms with Gasteiger partial charge in [0.2, 0.25) is 11.8 Å². The monoisotopic (exact) mass is 1050 g/mol. The van der Waals surface area contributed by atoms with Crippen molar-refractivity contribution in [3.05, 3.63) is 132 Å². The van der Waals surface area contributed by atoms with Crippen LogP contribution >= 0.6 is 0 Å². The van der Waals surface area contributed by atoms with Crippen molar-refractivity contribution in [1.82, 2.24) is 29.7 Å². The molecule has 400 valence electrons. The van der Waals surface area contributed by atoms with Gasteiger partial charge in [-0.2, -0.15) is 0 Å². The topological polar surface area (TPSA) is 185 Å². The summed E-state index contributed by atoms with van der Waals surface area (Å²) in [6.07, 6.45) is 16.1. The maximum absolute atomic E-state index is 14.0. The zero-order valence-electron chi connectivity index (χ0n) is 45.1. The first-order valence-corrected chi connectivity index (χ1v) is 27.5. The number of imide groups is 2. The van der Waals surface area contributed by atoms with E-state index in [1.165, 1.54) is 9.80 Å². The Labute approximate surface area is 454 Å². The van der Waals surface area contributed by atoms with Gasteiger partial charge in [0.25, 0.3) is 23.6 Å². The molecule has 6 heterocycles. The van der Waals surface area contributed by atoms with Gasteiger partial charge in [-0.1, -0.05) is 12.1 Å². The highest BCUT2D eigenvalue weighted by Crippen LogP contribution is 2.38. The maximum atomic E-state index is 14.0. The lowest BCUT2D eigenvalue weighted by atomic mass is 9.86. The summed E-state index contributed by atoms with van der Waals surface area (Å²) in [6, 6.07) is 25.8. The summed E-state index contributed by atoms with van der Waals surface area (Å²) in [5.41, 5.74) is 5.94. The molecule has 0 unspecified atom stereocenters. The lowest BCUT2D eigenvalue weighted by molar-refractivity contribution is -0.890. The number of nitrogens with zero attached hydrogens (tertiary/aromatic N) is 8. The number of rotatable bonds is 24. The summed E-state index contributed by atoms with van der Waals surface area (Å²) in [5, 5.41) is 10.6. The number of hydrogen-bond donors (Lipinski definition) is 2. The number of aromatic nitrogens is 4. The van der Waals surface area contributed by atoms with Crippen LogP contribution in [-0.2, 0) is 9.59 Å². The number of hydrogen-bond acceptors (Lipinski definition) is 10. The lowest BCUT2D eigenvalue weighted by Gasteiger charge is -2.33. The average Bonchev–Trinajstić information content (AvgIpc) is 3.49. The molecule has 10 rings (SSSR count). The summed E-state index contributed by atoms with van der Waals surface area (Å²) in [4.78, 5) is 103. The van der Waals surface area contributed by atoms with Crippen molar-refractivity contribution in [2.24, 2.45) is 0 Å². The Morgan fingerprint density at radius 1 is 0.423 bits per heavy atom. The highest BCUT2D eigenvalue weighted by Gasteiger charge is 2.39. The molecule has 16 heteroatoms. The smallest absolute Gasteiger partial charge is 0.261 e. The molecule has 0 atom stereocenters. The van der Waals surface area contributed by atoms with Gasteiger partial charge in [-0.25, -0.2) is 0 Å². The van der Waals surface area contributed by atoms with Gasteiger partial charge in [-0.05, 0) is 131 Å². The molecule has 0 spiro atoms. The second kappa shape index (κ2) is 22.9. The van der Waals surface area contributed by atoms with Crippen LogP contribution in [0.15, 0.2) is 110 Å². The number of benzene rings is 4. The van der Waals surface area contributed by atoms with Crippen LogP contribution in [0, 0.1) is 0 Å². The molecular formula is C62H68N10O6+2. The number of fused-ring (bicyclic) bond motifs is 6. The Morgan fingerprint density at radius 2 is 0.769 bits per heavy atom. The molecule has 16 nitrogen and oxygen atoms in total. The maximum Gasteiger partial charge on any atom is 0.261 e. The fourth-order valence-electron chi connectivity index (χ4n) is 11.4. The molecule has 0 fully saturated rings. The standard InChI is InChI=1S/C62H66N10O6/c1-71(2,35-11-5-8-23-51(73)67-49-39-41-19-14-29-63-55(41)57-43(49)21-16-31-65-57)37-13-7-10-33-69-59(75)45-25-27-47-54-48(28-26-46(53(45)54)60(69)76)62(78)70(61(47)77)34-18-38-72(3,4)36-12-6-9-24-52(74)68-50-40-42-20-15-30-64-56(42)58-44(50)22-17-32-66-58/h14-17,19-22,25-32,39-40H,5-13,18,23-24,33-38H2,1-4H3/p+2. The van der Waals surface area contributed by atoms with E-state index in [4.69, 9.17) is 0 Å². The highest BCUT2D eigenvalue weighted by molar-refractivity contribution is 6.33. The van der Waals surface area contributed by atoms with Gasteiger partial charge in [0.05, 0.1) is 87.8 Å². The quantitative estimate of drug-likeness (QED) is 0.0255. The average molecular weight is 1050 g/mol.